The first-order chi connectivity index (χ1) is 2.94. The fourth-order valence-corrected chi connectivity index (χ4v) is 0. The Morgan fingerprint density at radius 3 is 1.12 bits per heavy atom. The fourth-order valence-electron chi connectivity index (χ4n) is 0. The molecule has 2 radical (unpaired) electrons. The van der Waals surface area contributed by atoms with Crippen LogP contribution in [0.15, 0.2) is 0 Å². The second-order valence-corrected chi connectivity index (χ2v) is 6.75. The molecule has 2 heteroatoms. The molecule has 0 atom stereocenters. The summed E-state index contributed by atoms with van der Waals surface area (Å²) >= 11 is 0. The molecule has 0 N–H and O–H groups in total. The zero-order chi connectivity index (χ0) is 6.08. The van der Waals surface area contributed by atoms with Gasteiger partial charge in [0.1, 0.15) is 0 Å². The third-order valence-electron chi connectivity index (χ3n) is 1.50. The van der Waals surface area contributed by atoms with Crippen molar-refractivity contribution in [3.63, 3.8) is 0 Å². The van der Waals surface area contributed by atoms with E-state index in [1.807, 2.05) is 0 Å². The van der Waals surface area contributed by atoms with E-state index in [0.717, 1.165) is 0 Å². The Kier molecular flexibility index (Phi) is 5.93. The standard InChI is InChI=1S/C6H15Si.Bi.2H/c1-6(2,3)7(4)5;;;/h1-5H3;;;. The second-order valence-electron chi connectivity index (χ2n) is 3.25. The van der Waals surface area contributed by atoms with Crippen LogP contribution < -0.4 is 0 Å². The minimum atomic E-state index is -0.0502. The Bertz CT molecular complexity index is 54.0. The van der Waals surface area contributed by atoms with Gasteiger partial charge in [-0.3, -0.25) is 0 Å². The van der Waals surface area contributed by atoms with Crippen LogP contribution in [0.3, 0.4) is 0 Å². The van der Waals surface area contributed by atoms with Gasteiger partial charge in [0, 0.05) is 8.80 Å². The van der Waals surface area contributed by atoms with Gasteiger partial charge in [-0.25, -0.2) is 0 Å². The molecule has 0 unspecified atom stereocenters. The molecule has 0 saturated heterocycles. The summed E-state index contributed by atoms with van der Waals surface area (Å²) in [6, 6.07) is 0. The third kappa shape index (κ3) is 5.24. The summed E-state index contributed by atoms with van der Waals surface area (Å²) in [6.07, 6.45) is 0. The molecule has 0 aromatic heterocycles. The Hall–Kier alpha value is 1.10. The molecule has 50 valence electrons. The molecule has 0 saturated carbocycles. The first-order valence-corrected chi connectivity index (χ1v) is 5.25. The van der Waals surface area contributed by atoms with Gasteiger partial charge in [-0.2, -0.15) is 0 Å². The molecule has 0 aliphatic rings. The van der Waals surface area contributed by atoms with Gasteiger partial charge in [0.15, 0.2) is 0 Å². The molecular formula is C6H17BiSi. The summed E-state index contributed by atoms with van der Waals surface area (Å²) < 4.78 is 0. The van der Waals surface area contributed by atoms with E-state index in [1.165, 1.54) is 0 Å². The number of hydrogen-bond donors (Lipinski definition) is 0. The first kappa shape index (κ1) is 11.8. The van der Waals surface area contributed by atoms with Gasteiger partial charge in [0.25, 0.3) is 0 Å². The Labute approximate surface area is 73.8 Å². The van der Waals surface area contributed by atoms with Gasteiger partial charge in [-0.1, -0.05) is 33.9 Å². The molecule has 0 fully saturated rings. The summed E-state index contributed by atoms with van der Waals surface area (Å²) in [7, 11) is -0.0502. The fraction of sp³-hybridized carbons (Fsp3) is 1.00. The summed E-state index contributed by atoms with van der Waals surface area (Å²) in [5.41, 5.74) is 0. The second kappa shape index (κ2) is 4.00. The summed E-state index contributed by atoms with van der Waals surface area (Å²) in [5.74, 6) is 0. The van der Waals surface area contributed by atoms with E-state index >= 15 is 0 Å². The molecule has 0 aliphatic heterocycles. The van der Waals surface area contributed by atoms with Crippen LogP contribution in [0, 0.1) is 0 Å². The average molecular weight is 326 g/mol. The van der Waals surface area contributed by atoms with Gasteiger partial charge in [-0.05, 0) is 5.04 Å². The predicted molar refractivity (Wildman–Crippen MR) is 45.7 cm³/mol. The van der Waals surface area contributed by atoms with Crippen molar-refractivity contribution < 1.29 is 0 Å². The molecule has 0 nitrogen and oxygen atoms in total. The van der Waals surface area contributed by atoms with Crippen molar-refractivity contribution in [3.8, 4) is 0 Å². The quantitative estimate of drug-likeness (QED) is 0.594. The van der Waals surface area contributed by atoms with Crippen LogP contribution in [-0.4, -0.2) is 35.0 Å². The van der Waals surface area contributed by atoms with E-state index in [2.05, 4.69) is 33.9 Å². The molecule has 0 spiro atoms. The Morgan fingerprint density at radius 2 is 1.12 bits per heavy atom. The van der Waals surface area contributed by atoms with Crippen LogP contribution in [0.25, 0.3) is 0 Å². The third-order valence-corrected chi connectivity index (χ3v) is 4.50. The van der Waals surface area contributed by atoms with Crippen molar-refractivity contribution in [3.05, 3.63) is 0 Å². The first-order valence-electron chi connectivity index (χ1n) is 2.75. The summed E-state index contributed by atoms with van der Waals surface area (Å²) in [5, 5.41) is 0.602. The molecule has 0 amide bonds. The predicted octanol–water partition coefficient (Wildman–Crippen LogP) is 1.62. The molecule has 0 aromatic carbocycles. The van der Waals surface area contributed by atoms with Crippen molar-refractivity contribution in [1.82, 2.24) is 0 Å². The van der Waals surface area contributed by atoms with E-state index in [9.17, 15) is 0 Å². The van der Waals surface area contributed by atoms with Crippen LogP contribution in [0.2, 0.25) is 18.1 Å². The molecule has 0 heterocycles. The van der Waals surface area contributed by atoms with Gasteiger partial charge >= 0.3 is 26.2 Å². The maximum atomic E-state index is 2.35. The van der Waals surface area contributed by atoms with Crippen LogP contribution in [-0.2, 0) is 0 Å². The molecular weight excluding hydrogens is 309 g/mol. The normalized spacial score (nSPS) is 11.2. The topological polar surface area (TPSA) is 0 Å². The molecule has 0 aliphatic carbocycles. The van der Waals surface area contributed by atoms with Gasteiger partial charge in [0.05, 0.1) is 0 Å². The van der Waals surface area contributed by atoms with Crippen LogP contribution >= 0.6 is 0 Å². The minimum absolute atomic E-state index is 0. The van der Waals surface area contributed by atoms with Crippen molar-refractivity contribution in [2.45, 2.75) is 38.9 Å². The van der Waals surface area contributed by atoms with E-state index in [0.29, 0.717) is 5.04 Å². The SMILES string of the molecule is C[Si](C)C(C)(C)C.[BiH2]. The van der Waals surface area contributed by atoms with Crippen LogP contribution in [0.5, 0.6) is 0 Å². The monoisotopic (exact) mass is 326 g/mol. The Balaban J connectivity index is 0. The maximum absolute atomic E-state index is 2.35. The van der Waals surface area contributed by atoms with Gasteiger partial charge in [0.2, 0.25) is 0 Å². The van der Waals surface area contributed by atoms with Crippen molar-refractivity contribution in [2.75, 3.05) is 0 Å². The van der Waals surface area contributed by atoms with Crippen molar-refractivity contribution in [2.24, 2.45) is 0 Å². The number of rotatable bonds is 0. The van der Waals surface area contributed by atoms with Crippen molar-refractivity contribution >= 4 is 35.0 Å². The molecule has 0 bridgehead atoms. The van der Waals surface area contributed by atoms with Crippen LogP contribution in [0.4, 0.5) is 0 Å². The molecule has 0 aromatic rings. The van der Waals surface area contributed by atoms with E-state index in [1.54, 1.807) is 0 Å². The van der Waals surface area contributed by atoms with E-state index in [-0.39, 0.29) is 35.0 Å². The zero-order valence-corrected chi connectivity index (χ0v) is 12.1. The van der Waals surface area contributed by atoms with Gasteiger partial charge in [-0.15, -0.1) is 0 Å². The van der Waals surface area contributed by atoms with Gasteiger partial charge < -0.3 is 0 Å². The Morgan fingerprint density at radius 1 is 1.00 bits per heavy atom. The van der Waals surface area contributed by atoms with Crippen molar-refractivity contribution in [1.29, 1.82) is 0 Å². The van der Waals surface area contributed by atoms with E-state index < -0.39 is 0 Å². The van der Waals surface area contributed by atoms with E-state index in [4.69, 9.17) is 0 Å². The average Bonchev–Trinajstić information content (AvgIpc) is 1.31. The summed E-state index contributed by atoms with van der Waals surface area (Å²) in [6.45, 7) is 11.6. The number of hydrogen-bond acceptors (Lipinski definition) is 0. The van der Waals surface area contributed by atoms with Crippen LogP contribution in [0.1, 0.15) is 20.8 Å². The zero-order valence-electron chi connectivity index (χ0n) is 6.58. The summed E-state index contributed by atoms with van der Waals surface area (Å²) in [4.78, 5) is 0. The molecule has 0 rings (SSSR count). The molecule has 8 heavy (non-hydrogen) atoms.